The Hall–Kier alpha value is 1.49. The molecule has 11 heavy (non-hydrogen) atoms. The zero-order valence-electron chi connectivity index (χ0n) is 5.21. The Labute approximate surface area is 89.1 Å². The van der Waals surface area contributed by atoms with Crippen molar-refractivity contribution in [3.8, 4) is 0 Å². The summed E-state index contributed by atoms with van der Waals surface area (Å²) in [4.78, 5) is 0. The topological polar surface area (TPSA) is 158 Å². The minimum atomic E-state index is -0.513. The summed E-state index contributed by atoms with van der Waals surface area (Å²) in [5.41, 5.74) is 0. The van der Waals surface area contributed by atoms with Gasteiger partial charge in [0.15, 0.2) is 0 Å². The summed E-state index contributed by atoms with van der Waals surface area (Å²) in [5.74, 6) is 0. The van der Waals surface area contributed by atoms with Crippen molar-refractivity contribution in [1.29, 1.82) is 0 Å². The zero-order valence-corrected chi connectivity index (χ0v) is 10.3. The summed E-state index contributed by atoms with van der Waals surface area (Å²) in [6.07, 6.45) is 0. The fourth-order valence-corrected chi connectivity index (χ4v) is 4.22. The van der Waals surface area contributed by atoms with Gasteiger partial charge in [0.25, 0.3) is 0 Å². The van der Waals surface area contributed by atoms with Crippen LogP contribution in [-0.2, 0) is 0 Å². The van der Waals surface area contributed by atoms with Crippen LogP contribution in [0.25, 0.3) is 0 Å². The normalized spacial score (nSPS) is 21.5. The Balaban J connectivity index is -0.0000000240. The van der Waals surface area contributed by atoms with Crippen LogP contribution >= 0.6 is 34.8 Å². The average Bonchev–Trinajstić information content (AvgIpc) is 1.73. The Morgan fingerprint density at radius 3 is 1.00 bits per heavy atom. The van der Waals surface area contributed by atoms with Crippen LogP contribution in [0.5, 0.6) is 0 Å². The second-order valence-electron chi connectivity index (χ2n) is 1.13. The van der Waals surface area contributed by atoms with Gasteiger partial charge in [-0.15, -0.1) is 0 Å². The van der Waals surface area contributed by atoms with Gasteiger partial charge in [0.2, 0.25) is 0 Å². The number of hydrogen-bond donors (Lipinski definition) is 0. The molecule has 5 nitrogen and oxygen atoms in total. The van der Waals surface area contributed by atoms with E-state index in [-0.39, 0.29) is 30.7 Å². The van der Waals surface area contributed by atoms with Crippen molar-refractivity contribution in [2.75, 3.05) is 0 Å². The molecular weight excluding hydrogens is 332 g/mol. The maximum atomic E-state index is 5.50. The molecule has 0 spiro atoms. The molecule has 1 aliphatic heterocycles. The smallest absolute Gasteiger partial charge is 0.412 e. The Kier molecular flexibility index (Phi) is 25.6. The van der Waals surface area contributed by atoms with Gasteiger partial charge in [-0.3, -0.25) is 0 Å². The van der Waals surface area contributed by atoms with E-state index in [1.807, 2.05) is 0 Å². The molecule has 1 atom stereocenters. The quantitative estimate of drug-likeness (QED) is 0.324. The Morgan fingerprint density at radius 2 is 1.00 bits per heavy atom. The van der Waals surface area contributed by atoms with E-state index < -0.39 is 23.9 Å². The number of halogens is 3. The van der Waals surface area contributed by atoms with Crippen LogP contribution in [-0.4, -0.2) is 54.6 Å². The van der Waals surface area contributed by atoms with Gasteiger partial charge < -0.3 is 27.4 Å². The van der Waals surface area contributed by atoms with Crippen molar-refractivity contribution in [1.82, 2.24) is 0 Å². The molecule has 0 amide bonds. The van der Waals surface area contributed by atoms with Crippen LogP contribution in [0.15, 0.2) is 0 Å². The van der Waals surface area contributed by atoms with Gasteiger partial charge >= 0.3 is 62.0 Å². The molecule has 0 saturated carbocycles. The molecule has 76 valence electrons. The predicted molar refractivity (Wildman–Crippen MR) is 49.3 cm³/mol. The third-order valence-corrected chi connectivity index (χ3v) is 8.30. The minimum Gasteiger partial charge on any atom is -0.412 e. The van der Waals surface area contributed by atoms with Crippen LogP contribution in [0, 0.1) is 0 Å². The first-order valence-electron chi connectivity index (χ1n) is 1.42. The first-order valence-corrected chi connectivity index (χ1v) is 5.69. The van der Waals surface area contributed by atoms with Crippen molar-refractivity contribution < 1.29 is 27.4 Å². The molecule has 10 N–H and O–H groups in total. The monoisotopic (exact) mass is 342 g/mol. The summed E-state index contributed by atoms with van der Waals surface area (Å²) in [6, 6.07) is 0. The van der Waals surface area contributed by atoms with E-state index in [1.165, 1.54) is 0 Å². The fourth-order valence-electron chi connectivity index (χ4n) is 0.127. The zero-order chi connectivity index (χ0) is 4.78. The maximum absolute atomic E-state index is 5.50. The fraction of sp³-hybridized carbons (Fsp3) is 1.00. The van der Waals surface area contributed by atoms with Gasteiger partial charge in [-0.05, 0) is 0 Å². The molecule has 0 aromatic rings. The van der Waals surface area contributed by atoms with Crippen LogP contribution in [0.4, 0.5) is 0 Å². The second-order valence-corrected chi connectivity index (χ2v) is 10.5. The molecule has 0 aromatic heterocycles. The van der Waals surface area contributed by atoms with Crippen molar-refractivity contribution in [3.63, 3.8) is 0 Å². The van der Waals surface area contributed by atoms with E-state index in [1.54, 1.807) is 0 Å². The molecular formula is C2H12Cl3O5Sb. The van der Waals surface area contributed by atoms with Gasteiger partial charge in [-0.25, -0.2) is 0 Å². The van der Waals surface area contributed by atoms with E-state index in [4.69, 9.17) is 34.8 Å². The SMILES string of the molecule is Cl[CH]1[SbH][C]1(Cl)Cl.O.O.O.O.O. The maximum Gasteiger partial charge on any atom is -0.412 e. The van der Waals surface area contributed by atoms with Gasteiger partial charge in [0.05, 0.1) is 0 Å². The molecule has 0 bridgehead atoms. The van der Waals surface area contributed by atoms with Gasteiger partial charge in [-0.1, -0.05) is 0 Å². The largest absolute Gasteiger partial charge is 0.412 e. The summed E-state index contributed by atoms with van der Waals surface area (Å²) >= 11 is 16.0. The molecule has 1 aliphatic rings. The van der Waals surface area contributed by atoms with E-state index >= 15 is 0 Å². The molecule has 1 rings (SSSR count). The summed E-state index contributed by atoms with van der Waals surface area (Å²) in [7, 11) is 0. The molecule has 9 heteroatoms. The van der Waals surface area contributed by atoms with Crippen LogP contribution in [0.1, 0.15) is 0 Å². The predicted octanol–water partition coefficient (Wildman–Crippen LogP) is -2.99. The van der Waals surface area contributed by atoms with E-state index in [0.29, 0.717) is 0 Å². The third-order valence-electron chi connectivity index (χ3n) is 0.554. The first kappa shape index (κ1) is 29.4. The van der Waals surface area contributed by atoms with E-state index in [9.17, 15) is 0 Å². The third kappa shape index (κ3) is 9.40. The van der Waals surface area contributed by atoms with Crippen LogP contribution in [0.2, 0.25) is 0 Å². The van der Waals surface area contributed by atoms with Crippen LogP contribution in [0.3, 0.4) is 0 Å². The molecule has 0 aromatic carbocycles. The standard InChI is InChI=1S/C2HCl3.5H2O.Sb.H/c3-1-2(4)5;;;;;;;/h1H;5*1H2;;. The molecule has 0 aliphatic carbocycles. The average molecular weight is 344 g/mol. The van der Waals surface area contributed by atoms with Gasteiger partial charge in [-0.2, -0.15) is 0 Å². The summed E-state index contributed by atoms with van der Waals surface area (Å²) < 4.78 is -0.241. The number of hydrogen-bond acceptors (Lipinski definition) is 0. The number of alkyl halides is 3. The Morgan fingerprint density at radius 1 is 0.909 bits per heavy atom. The van der Waals surface area contributed by atoms with Crippen LogP contribution < -0.4 is 0 Å². The summed E-state index contributed by atoms with van der Waals surface area (Å²) in [6.45, 7) is 0. The van der Waals surface area contributed by atoms with Gasteiger partial charge in [0, 0.05) is 0 Å². The van der Waals surface area contributed by atoms with Crippen molar-refractivity contribution in [3.05, 3.63) is 0 Å². The van der Waals surface area contributed by atoms with Crippen molar-refractivity contribution >= 4 is 56.4 Å². The first-order chi connectivity index (χ1) is 2.63. The minimum absolute atomic E-state index is 0. The number of rotatable bonds is 0. The van der Waals surface area contributed by atoms with E-state index in [2.05, 4.69) is 0 Å². The molecule has 1 unspecified atom stereocenters. The molecule has 1 fully saturated rings. The van der Waals surface area contributed by atoms with Gasteiger partial charge in [0.1, 0.15) is 0 Å². The molecule has 0 radical (unpaired) electrons. The summed E-state index contributed by atoms with van der Waals surface area (Å²) in [5, 5.41) is 0. The second kappa shape index (κ2) is 9.58. The van der Waals surface area contributed by atoms with E-state index in [0.717, 1.165) is 0 Å². The van der Waals surface area contributed by atoms with Crippen molar-refractivity contribution in [2.45, 2.75) is 5.60 Å². The molecule has 1 saturated heterocycles. The van der Waals surface area contributed by atoms with Crippen molar-refractivity contribution in [2.24, 2.45) is 0 Å². The molecule has 1 heterocycles. The Bertz CT molecular complexity index is 82.1.